The zero-order valence-electron chi connectivity index (χ0n) is 23.0. The number of aryl methyl sites for hydroxylation is 1. The molecule has 0 unspecified atom stereocenters. The van der Waals surface area contributed by atoms with E-state index in [2.05, 4.69) is 0 Å². The van der Waals surface area contributed by atoms with Crippen LogP contribution in [0.1, 0.15) is 60.0 Å². The lowest BCUT2D eigenvalue weighted by Gasteiger charge is -2.28. The van der Waals surface area contributed by atoms with Gasteiger partial charge >= 0.3 is 6.09 Å². The van der Waals surface area contributed by atoms with Gasteiger partial charge in [0.2, 0.25) is 10.0 Å². The Morgan fingerprint density at radius 1 is 0.976 bits per heavy atom. The molecule has 4 rings (SSSR count). The van der Waals surface area contributed by atoms with Crippen LogP contribution in [0, 0.1) is 0 Å². The van der Waals surface area contributed by atoms with E-state index in [1.807, 2.05) is 47.2 Å². The van der Waals surface area contributed by atoms with Gasteiger partial charge in [0, 0.05) is 0 Å². The summed E-state index contributed by atoms with van der Waals surface area (Å²) >= 11 is 0. The molecule has 0 heterocycles. The molecule has 1 fully saturated rings. The molecule has 2 amide bonds. The monoisotopic (exact) mass is 580 g/mol. The largest absolute Gasteiger partial charge is 0.490 e. The van der Waals surface area contributed by atoms with Gasteiger partial charge in [0.25, 0.3) is 5.91 Å². The second kappa shape index (κ2) is 13.2. The maximum atomic E-state index is 12.7. The average molecular weight is 581 g/mol. The van der Waals surface area contributed by atoms with Crippen LogP contribution in [0.5, 0.6) is 5.75 Å². The second-order valence-electron chi connectivity index (χ2n) is 10.5. The fraction of sp³-hybridized carbons (Fsp3) is 0.355. The van der Waals surface area contributed by atoms with Crippen molar-refractivity contribution in [2.24, 2.45) is 5.73 Å². The molecule has 0 aromatic heterocycles. The zero-order chi connectivity index (χ0) is 29.5. The predicted octanol–water partition coefficient (Wildman–Crippen LogP) is 4.67. The van der Waals surface area contributed by atoms with Crippen molar-refractivity contribution in [3.05, 3.63) is 89.5 Å². The molecule has 0 saturated heterocycles. The van der Waals surface area contributed by atoms with E-state index in [1.165, 1.54) is 0 Å². The highest BCUT2D eigenvalue weighted by atomic mass is 32.2. The minimum Gasteiger partial charge on any atom is -0.490 e. The summed E-state index contributed by atoms with van der Waals surface area (Å²) in [7, 11) is -3.73. The Kier molecular flexibility index (Phi) is 9.67. The normalized spacial score (nSPS) is 15.5. The van der Waals surface area contributed by atoms with Crippen LogP contribution in [-0.4, -0.2) is 44.5 Å². The molecule has 218 valence electrons. The van der Waals surface area contributed by atoms with E-state index in [-0.39, 0.29) is 18.3 Å². The average Bonchev–Trinajstić information content (AvgIpc) is 2.95. The summed E-state index contributed by atoms with van der Waals surface area (Å²) in [5.74, 6) is -0.381. The van der Waals surface area contributed by atoms with Gasteiger partial charge in [-0.15, -0.1) is 0 Å². The van der Waals surface area contributed by atoms with Gasteiger partial charge in [0.15, 0.2) is 0 Å². The number of amides is 2. The number of sulfonamides is 1. The van der Waals surface area contributed by atoms with Crippen molar-refractivity contribution in [2.75, 3.05) is 12.9 Å². The Labute approximate surface area is 240 Å². The van der Waals surface area contributed by atoms with Crippen LogP contribution in [0.3, 0.4) is 0 Å². The topological polar surface area (TPSA) is 145 Å². The lowest BCUT2D eigenvalue weighted by atomic mass is 9.88. The number of hydrogen-bond acceptors (Lipinski definition) is 7. The maximum absolute atomic E-state index is 12.7. The molecule has 1 saturated carbocycles. The molecule has 3 aromatic rings. The highest BCUT2D eigenvalue weighted by molar-refractivity contribution is 7.89. The Hall–Kier alpha value is -3.89. The van der Waals surface area contributed by atoms with Crippen molar-refractivity contribution in [1.82, 2.24) is 4.72 Å². The number of carbonyl (C=O) groups is 2. The Morgan fingerprint density at radius 3 is 2.27 bits per heavy atom. The van der Waals surface area contributed by atoms with E-state index in [9.17, 15) is 23.1 Å². The molecular formula is C31H36N2O7S. The maximum Gasteiger partial charge on any atom is 0.404 e. The Morgan fingerprint density at radius 2 is 1.63 bits per heavy atom. The fourth-order valence-corrected chi connectivity index (χ4v) is 5.47. The molecule has 10 heteroatoms. The first-order valence-electron chi connectivity index (χ1n) is 13.6. The van der Waals surface area contributed by atoms with Crippen LogP contribution in [0.15, 0.2) is 72.8 Å². The SMILES string of the molecule is CS(=O)(=O)NC(=O)c1ccc(-c2ccc(CC[C@](O)(COC(N)=O)c3ccccc3)cc2)cc1OC1CCCCC1. The summed E-state index contributed by atoms with van der Waals surface area (Å²) < 4.78 is 36.6. The lowest BCUT2D eigenvalue weighted by molar-refractivity contribution is -0.0307. The fourth-order valence-electron chi connectivity index (χ4n) is 5.03. The van der Waals surface area contributed by atoms with Crippen LogP contribution < -0.4 is 15.2 Å². The molecule has 0 spiro atoms. The van der Waals surface area contributed by atoms with Crippen molar-refractivity contribution in [2.45, 2.75) is 56.7 Å². The standard InChI is InChI=1S/C31H36N2O7S/c1-41(37,38)33-29(34)27-17-16-24(20-28(27)40-26-10-6-3-7-11-26)23-14-12-22(13-15-23)18-19-31(36,21-39-30(32)35)25-8-4-2-5-9-25/h2,4-5,8-9,12-17,20,26,36H,3,6-7,10-11,18-19,21H2,1H3,(H2,32,35)(H,33,34)/t31-/m0/s1. The Bertz CT molecular complexity index is 1450. The third kappa shape index (κ3) is 8.55. The van der Waals surface area contributed by atoms with Crippen molar-refractivity contribution in [3.8, 4) is 16.9 Å². The summed E-state index contributed by atoms with van der Waals surface area (Å²) in [5, 5.41) is 11.3. The summed E-state index contributed by atoms with van der Waals surface area (Å²) in [6.07, 6.45) is 5.76. The minimum absolute atomic E-state index is 0.0342. The lowest BCUT2D eigenvalue weighted by Crippen LogP contribution is -2.34. The van der Waals surface area contributed by atoms with Gasteiger partial charge in [-0.3, -0.25) is 4.79 Å². The van der Waals surface area contributed by atoms with E-state index in [1.54, 1.807) is 30.3 Å². The van der Waals surface area contributed by atoms with E-state index < -0.39 is 27.6 Å². The van der Waals surface area contributed by atoms with Crippen LogP contribution in [0.4, 0.5) is 4.79 Å². The van der Waals surface area contributed by atoms with Gasteiger partial charge < -0.3 is 20.3 Å². The first-order chi connectivity index (χ1) is 19.5. The minimum atomic E-state index is -3.73. The summed E-state index contributed by atoms with van der Waals surface area (Å²) in [6, 6.07) is 21.9. The van der Waals surface area contributed by atoms with Gasteiger partial charge in [-0.1, -0.05) is 67.1 Å². The molecule has 41 heavy (non-hydrogen) atoms. The first kappa shape index (κ1) is 30.1. The van der Waals surface area contributed by atoms with Crippen molar-refractivity contribution >= 4 is 22.0 Å². The third-order valence-electron chi connectivity index (χ3n) is 7.23. The molecule has 1 atom stereocenters. The molecule has 0 aliphatic heterocycles. The number of nitrogens with two attached hydrogens (primary N) is 1. The second-order valence-corrected chi connectivity index (χ2v) is 12.2. The molecule has 1 aliphatic rings. The molecule has 0 radical (unpaired) electrons. The van der Waals surface area contributed by atoms with E-state index in [4.69, 9.17) is 15.2 Å². The van der Waals surface area contributed by atoms with Gasteiger partial charge in [-0.2, -0.15) is 0 Å². The number of ether oxygens (including phenoxy) is 2. The number of rotatable bonds is 11. The molecule has 9 nitrogen and oxygen atoms in total. The first-order valence-corrected chi connectivity index (χ1v) is 15.5. The smallest absolute Gasteiger partial charge is 0.404 e. The zero-order valence-corrected chi connectivity index (χ0v) is 23.9. The number of hydrogen-bond donors (Lipinski definition) is 3. The van der Waals surface area contributed by atoms with Crippen molar-refractivity contribution in [1.29, 1.82) is 0 Å². The van der Waals surface area contributed by atoms with Gasteiger partial charge in [0.1, 0.15) is 18.0 Å². The van der Waals surface area contributed by atoms with Crippen LogP contribution in [0.2, 0.25) is 0 Å². The Balaban J connectivity index is 1.53. The van der Waals surface area contributed by atoms with Gasteiger partial charge in [0.05, 0.1) is 17.9 Å². The summed E-state index contributed by atoms with van der Waals surface area (Å²) in [6.45, 7) is -0.256. The van der Waals surface area contributed by atoms with E-state index >= 15 is 0 Å². The molecule has 4 N–H and O–H groups in total. The van der Waals surface area contributed by atoms with Crippen molar-refractivity contribution in [3.63, 3.8) is 0 Å². The number of carbonyl (C=O) groups excluding carboxylic acids is 2. The van der Waals surface area contributed by atoms with Gasteiger partial charge in [-0.05, 0) is 72.9 Å². The number of benzene rings is 3. The predicted molar refractivity (Wildman–Crippen MR) is 156 cm³/mol. The van der Waals surface area contributed by atoms with E-state index in [0.29, 0.717) is 24.2 Å². The molecule has 1 aliphatic carbocycles. The van der Waals surface area contributed by atoms with Crippen LogP contribution in [-0.2, 0) is 26.8 Å². The van der Waals surface area contributed by atoms with Crippen LogP contribution in [0.25, 0.3) is 11.1 Å². The molecule has 3 aromatic carbocycles. The van der Waals surface area contributed by atoms with E-state index in [0.717, 1.165) is 55.1 Å². The van der Waals surface area contributed by atoms with Crippen molar-refractivity contribution < 1.29 is 32.6 Å². The number of primary amides is 1. The van der Waals surface area contributed by atoms with Gasteiger partial charge in [-0.25, -0.2) is 17.9 Å². The third-order valence-corrected chi connectivity index (χ3v) is 7.79. The van der Waals surface area contributed by atoms with Crippen LogP contribution >= 0.6 is 0 Å². The summed E-state index contributed by atoms with van der Waals surface area (Å²) in [4.78, 5) is 23.9. The molecule has 0 bridgehead atoms. The molecular weight excluding hydrogens is 544 g/mol. The number of aliphatic hydroxyl groups is 1. The highest BCUT2D eigenvalue weighted by Gasteiger charge is 2.30. The number of nitrogens with one attached hydrogen (secondary N) is 1. The quantitative estimate of drug-likeness (QED) is 0.299. The highest BCUT2D eigenvalue weighted by Crippen LogP contribution is 2.32. The summed E-state index contributed by atoms with van der Waals surface area (Å²) in [5.41, 5.74) is 7.20.